The van der Waals surface area contributed by atoms with Gasteiger partial charge in [-0.05, 0) is 44.9 Å². The standard InChI is InChI=1S/C20H24N4O3/c1-3-26-14-7-8-16-15(10-14)17-18(23-16)19(22-12-21-17)24-9-5-6-13(11-24)20(25)27-4-2/h7-8,10,12-13,23H,3-6,9,11H2,1-2H3. The van der Waals surface area contributed by atoms with E-state index in [0.29, 0.717) is 19.8 Å². The van der Waals surface area contributed by atoms with Gasteiger partial charge in [0.2, 0.25) is 0 Å². The lowest BCUT2D eigenvalue weighted by Gasteiger charge is -2.32. The molecule has 1 aliphatic rings. The summed E-state index contributed by atoms with van der Waals surface area (Å²) in [6, 6.07) is 5.96. The van der Waals surface area contributed by atoms with Crippen LogP contribution < -0.4 is 9.64 Å². The molecule has 0 saturated carbocycles. The van der Waals surface area contributed by atoms with Crippen LogP contribution in [-0.2, 0) is 9.53 Å². The van der Waals surface area contributed by atoms with E-state index in [4.69, 9.17) is 9.47 Å². The number of carbonyl (C=O) groups is 1. The number of anilines is 1. The third-order valence-electron chi connectivity index (χ3n) is 4.98. The molecule has 142 valence electrons. The monoisotopic (exact) mass is 368 g/mol. The summed E-state index contributed by atoms with van der Waals surface area (Å²) in [5.41, 5.74) is 2.76. The van der Waals surface area contributed by atoms with E-state index < -0.39 is 0 Å². The topological polar surface area (TPSA) is 80.3 Å². The van der Waals surface area contributed by atoms with E-state index in [9.17, 15) is 4.79 Å². The Morgan fingerprint density at radius 3 is 3.00 bits per heavy atom. The number of aromatic amines is 1. The first-order valence-corrected chi connectivity index (χ1v) is 9.52. The van der Waals surface area contributed by atoms with Crippen LogP contribution in [0, 0.1) is 5.92 Å². The van der Waals surface area contributed by atoms with E-state index in [1.54, 1.807) is 6.33 Å². The highest BCUT2D eigenvalue weighted by molar-refractivity contribution is 6.08. The molecule has 3 aromatic rings. The van der Waals surface area contributed by atoms with Crippen LogP contribution in [0.4, 0.5) is 5.82 Å². The molecule has 7 heteroatoms. The zero-order valence-electron chi connectivity index (χ0n) is 15.7. The highest BCUT2D eigenvalue weighted by Gasteiger charge is 2.29. The number of hydrogen-bond donors (Lipinski definition) is 1. The smallest absolute Gasteiger partial charge is 0.310 e. The number of benzene rings is 1. The van der Waals surface area contributed by atoms with Gasteiger partial charge in [-0.2, -0.15) is 0 Å². The molecule has 0 bridgehead atoms. The third-order valence-corrected chi connectivity index (χ3v) is 4.98. The van der Waals surface area contributed by atoms with Gasteiger partial charge in [0.05, 0.1) is 19.1 Å². The van der Waals surface area contributed by atoms with E-state index in [1.807, 2.05) is 32.0 Å². The zero-order chi connectivity index (χ0) is 18.8. The molecule has 1 unspecified atom stereocenters. The van der Waals surface area contributed by atoms with Gasteiger partial charge in [-0.3, -0.25) is 4.79 Å². The van der Waals surface area contributed by atoms with Crippen molar-refractivity contribution in [3.63, 3.8) is 0 Å². The molecule has 1 aliphatic heterocycles. The van der Waals surface area contributed by atoms with Gasteiger partial charge in [0.25, 0.3) is 0 Å². The Morgan fingerprint density at radius 1 is 1.30 bits per heavy atom. The summed E-state index contributed by atoms with van der Waals surface area (Å²) in [5, 5.41) is 1.01. The van der Waals surface area contributed by atoms with Crippen molar-refractivity contribution in [2.24, 2.45) is 5.92 Å². The van der Waals surface area contributed by atoms with Crippen LogP contribution in [0.15, 0.2) is 24.5 Å². The summed E-state index contributed by atoms with van der Waals surface area (Å²) in [5.74, 6) is 1.43. The largest absolute Gasteiger partial charge is 0.494 e. The summed E-state index contributed by atoms with van der Waals surface area (Å²) in [6.45, 7) is 6.32. The molecule has 1 saturated heterocycles. The Kier molecular flexibility index (Phi) is 4.83. The second kappa shape index (κ2) is 7.42. The van der Waals surface area contributed by atoms with Gasteiger partial charge >= 0.3 is 5.97 Å². The van der Waals surface area contributed by atoms with Gasteiger partial charge in [-0.15, -0.1) is 0 Å². The van der Waals surface area contributed by atoms with Crippen LogP contribution in [0.25, 0.3) is 21.9 Å². The minimum absolute atomic E-state index is 0.113. The first-order valence-electron chi connectivity index (χ1n) is 9.52. The maximum absolute atomic E-state index is 12.2. The number of nitrogens with zero attached hydrogens (tertiary/aromatic N) is 3. The van der Waals surface area contributed by atoms with Crippen molar-refractivity contribution in [1.29, 1.82) is 0 Å². The summed E-state index contributed by atoms with van der Waals surface area (Å²) >= 11 is 0. The molecule has 27 heavy (non-hydrogen) atoms. The van der Waals surface area contributed by atoms with Crippen LogP contribution in [-0.4, -0.2) is 47.2 Å². The Morgan fingerprint density at radius 2 is 2.19 bits per heavy atom. The molecule has 2 aromatic heterocycles. The fourth-order valence-electron chi connectivity index (χ4n) is 3.78. The predicted octanol–water partition coefficient (Wildman–Crippen LogP) is 3.29. The van der Waals surface area contributed by atoms with Gasteiger partial charge in [0.1, 0.15) is 23.1 Å². The summed E-state index contributed by atoms with van der Waals surface area (Å²) in [6.07, 6.45) is 3.38. The van der Waals surface area contributed by atoms with E-state index in [1.165, 1.54) is 0 Å². The van der Waals surface area contributed by atoms with Gasteiger partial charge in [-0.25, -0.2) is 9.97 Å². The average molecular weight is 368 g/mol. The van der Waals surface area contributed by atoms with Crippen LogP contribution in [0.5, 0.6) is 5.75 Å². The number of piperidine rings is 1. The molecular formula is C20H24N4O3. The fraction of sp³-hybridized carbons (Fsp3) is 0.450. The van der Waals surface area contributed by atoms with Crippen molar-refractivity contribution in [3.8, 4) is 5.75 Å². The van der Waals surface area contributed by atoms with Gasteiger partial charge in [-0.1, -0.05) is 0 Å². The van der Waals surface area contributed by atoms with Crippen molar-refractivity contribution in [3.05, 3.63) is 24.5 Å². The van der Waals surface area contributed by atoms with Gasteiger partial charge < -0.3 is 19.4 Å². The average Bonchev–Trinajstić information content (AvgIpc) is 3.07. The van der Waals surface area contributed by atoms with E-state index in [0.717, 1.165) is 52.9 Å². The minimum atomic E-state index is -0.120. The quantitative estimate of drug-likeness (QED) is 0.696. The lowest BCUT2D eigenvalue weighted by molar-refractivity contribution is -0.148. The highest BCUT2D eigenvalue weighted by Crippen LogP contribution is 2.33. The van der Waals surface area contributed by atoms with Crippen molar-refractivity contribution in [1.82, 2.24) is 15.0 Å². The SMILES string of the molecule is CCOC(=O)C1CCCN(c2ncnc3c2[nH]c2ccc(OCC)cc23)C1. The molecule has 0 amide bonds. The lowest BCUT2D eigenvalue weighted by Crippen LogP contribution is -2.40. The summed E-state index contributed by atoms with van der Waals surface area (Å²) in [4.78, 5) is 26.8. The maximum atomic E-state index is 12.2. The predicted molar refractivity (Wildman–Crippen MR) is 104 cm³/mol. The molecule has 0 aliphatic carbocycles. The highest BCUT2D eigenvalue weighted by atomic mass is 16.5. The molecule has 1 fully saturated rings. The first kappa shape index (κ1) is 17.6. The second-order valence-electron chi connectivity index (χ2n) is 6.72. The minimum Gasteiger partial charge on any atom is -0.494 e. The van der Waals surface area contributed by atoms with Crippen LogP contribution in [0.2, 0.25) is 0 Å². The molecule has 0 radical (unpaired) electrons. The number of fused-ring (bicyclic) bond motifs is 3. The van der Waals surface area contributed by atoms with Gasteiger partial charge in [0, 0.05) is 24.0 Å². The number of aromatic nitrogens is 3. The van der Waals surface area contributed by atoms with Crippen molar-refractivity contribution < 1.29 is 14.3 Å². The molecule has 3 heterocycles. The normalized spacial score (nSPS) is 17.4. The Labute approximate surface area is 157 Å². The second-order valence-corrected chi connectivity index (χ2v) is 6.72. The Bertz CT molecular complexity index is 968. The number of esters is 1. The molecule has 0 spiro atoms. The van der Waals surface area contributed by atoms with Crippen LogP contribution in [0.1, 0.15) is 26.7 Å². The summed E-state index contributed by atoms with van der Waals surface area (Å²) in [7, 11) is 0. The molecular weight excluding hydrogens is 344 g/mol. The molecule has 4 rings (SSSR count). The Balaban J connectivity index is 1.71. The van der Waals surface area contributed by atoms with Crippen LogP contribution >= 0.6 is 0 Å². The maximum Gasteiger partial charge on any atom is 0.310 e. The number of H-pyrrole nitrogens is 1. The number of hydrogen-bond acceptors (Lipinski definition) is 6. The summed E-state index contributed by atoms with van der Waals surface area (Å²) < 4.78 is 10.8. The van der Waals surface area contributed by atoms with Crippen molar-refractivity contribution in [2.75, 3.05) is 31.2 Å². The van der Waals surface area contributed by atoms with Gasteiger partial charge in [0.15, 0.2) is 5.82 Å². The molecule has 1 atom stereocenters. The number of nitrogens with one attached hydrogen (secondary N) is 1. The first-order chi connectivity index (χ1) is 13.2. The number of carbonyl (C=O) groups excluding carboxylic acids is 1. The number of rotatable bonds is 5. The lowest BCUT2D eigenvalue weighted by atomic mass is 9.98. The van der Waals surface area contributed by atoms with Crippen LogP contribution in [0.3, 0.4) is 0 Å². The van der Waals surface area contributed by atoms with E-state index in [2.05, 4.69) is 19.9 Å². The fourth-order valence-corrected chi connectivity index (χ4v) is 3.78. The molecule has 1 N–H and O–H groups in total. The van der Waals surface area contributed by atoms with Crippen molar-refractivity contribution >= 4 is 33.7 Å². The Hall–Kier alpha value is -2.83. The van der Waals surface area contributed by atoms with E-state index >= 15 is 0 Å². The van der Waals surface area contributed by atoms with E-state index in [-0.39, 0.29) is 11.9 Å². The number of ether oxygens (including phenoxy) is 2. The zero-order valence-corrected chi connectivity index (χ0v) is 15.7. The molecule has 7 nitrogen and oxygen atoms in total. The third kappa shape index (κ3) is 3.29. The molecule has 1 aromatic carbocycles. The van der Waals surface area contributed by atoms with Crippen molar-refractivity contribution in [2.45, 2.75) is 26.7 Å².